The fraction of sp³-hybridized carbons (Fsp3) is 0.710. The number of hydrogen-bond donors (Lipinski definition) is 8. The Kier molecular flexibility index (Phi) is 18.5. The first kappa shape index (κ1) is 55.4. The number of carbonyl (C=O) groups is 1. The van der Waals surface area contributed by atoms with E-state index in [1.165, 1.54) is 12.8 Å². The van der Waals surface area contributed by atoms with Crippen LogP contribution in [0.5, 0.6) is 23.0 Å². The number of ether oxygens (including phenoxy) is 3. The Morgan fingerprint density at radius 3 is 2.52 bits per heavy atom. The molecule has 7 aliphatic rings. The molecule has 6 aliphatic carbocycles. The lowest BCUT2D eigenvalue weighted by Gasteiger charge is -2.59. The van der Waals surface area contributed by atoms with Crippen LogP contribution in [0.1, 0.15) is 166 Å². The minimum atomic E-state index is -0.945. The van der Waals surface area contributed by atoms with Gasteiger partial charge in [-0.25, -0.2) is 0 Å². The number of allylic oxidation sites excluding steroid dienone is 2. The molecular formula is C62H90N4O9. The average molecular weight is 1040 g/mol. The van der Waals surface area contributed by atoms with Crippen LogP contribution in [0, 0.1) is 64.7 Å². The number of aliphatic hydroxyl groups excluding tert-OH is 3. The molecule has 12 atom stereocenters. The maximum absolute atomic E-state index is 15.8. The van der Waals surface area contributed by atoms with E-state index in [2.05, 4.69) is 53.0 Å². The second-order valence-electron chi connectivity index (χ2n) is 24.2. The quantitative estimate of drug-likeness (QED) is 0.0305. The van der Waals surface area contributed by atoms with Gasteiger partial charge in [0.2, 0.25) is 5.96 Å². The molecule has 6 saturated carbocycles. The van der Waals surface area contributed by atoms with Crippen molar-refractivity contribution in [3.8, 4) is 35.0 Å². The third-order valence-corrected chi connectivity index (χ3v) is 19.9. The molecule has 8 N–H and O–H groups in total. The number of anilines is 1. The van der Waals surface area contributed by atoms with E-state index in [0.29, 0.717) is 91.9 Å². The summed E-state index contributed by atoms with van der Waals surface area (Å²) in [7, 11) is 3.50. The van der Waals surface area contributed by atoms with Crippen molar-refractivity contribution in [1.29, 1.82) is 0 Å². The number of fused-ring (bicyclic) bond motifs is 5. The van der Waals surface area contributed by atoms with Gasteiger partial charge in [-0.15, -0.1) is 0 Å². The van der Waals surface area contributed by atoms with Crippen molar-refractivity contribution < 1.29 is 44.5 Å². The third kappa shape index (κ3) is 11.9. The number of methoxy groups -OCH3 is 1. The van der Waals surface area contributed by atoms with E-state index in [1.807, 2.05) is 25.3 Å². The van der Waals surface area contributed by atoms with Crippen LogP contribution in [0.15, 0.2) is 47.5 Å². The molecule has 1 aliphatic heterocycles. The standard InChI is InChI=1S/C62H90N4O9/c1-4-41-19-21-47-48(17-11-30-67)50-18-9-27-62(50)45-36-52(58(72)55(37-45)75-60(40-63-2)28-25-43(38-60)35-57(71)74-32-12-31-68)66-59(65-46-15-6-5-7-16-46)64-29-10-14-44-13-8-26-61(44,56(70)24-22-51(62)49(47)33-41)39-42-20-23-53(69)54(34-42)73-3/h20,22-24,34,36-37,41,43-44,46-51,57,63,67-69,71-72H,4-9,11-19,21,25-28,30-33,35,38-40H2,1-3H3,(H2,64,65,66)/b24-22+/t41-,43+,44-,47-,48+,49+,50+,51-,57-,60-,61-,62+/m1/s1. The molecule has 13 heteroatoms. The topological polar surface area (TPSA) is 194 Å². The molecule has 0 unspecified atom stereocenters. The van der Waals surface area contributed by atoms with E-state index in [0.717, 1.165) is 114 Å². The molecule has 412 valence electrons. The minimum Gasteiger partial charge on any atom is -0.504 e. The fourth-order valence-electron chi connectivity index (χ4n) is 16.5. The van der Waals surface area contributed by atoms with Crippen LogP contribution in [-0.2, 0) is 21.4 Å². The zero-order valence-corrected chi connectivity index (χ0v) is 45.4. The van der Waals surface area contributed by atoms with Gasteiger partial charge in [0.25, 0.3) is 0 Å². The molecule has 0 radical (unpaired) electrons. The van der Waals surface area contributed by atoms with Gasteiger partial charge in [0.15, 0.2) is 35.1 Å². The van der Waals surface area contributed by atoms with Crippen molar-refractivity contribution in [2.45, 2.75) is 184 Å². The Labute approximate surface area is 447 Å². The van der Waals surface area contributed by atoms with Crippen LogP contribution in [0.3, 0.4) is 0 Å². The Bertz CT molecular complexity index is 2380. The summed E-state index contributed by atoms with van der Waals surface area (Å²) in [5.74, 6) is 7.09. The molecule has 9 rings (SSSR count). The maximum atomic E-state index is 15.8. The number of aromatic hydroxyl groups is 2. The van der Waals surface area contributed by atoms with Gasteiger partial charge < -0.3 is 55.7 Å². The highest BCUT2D eigenvalue weighted by atomic mass is 16.6. The number of hydrogen-bond acceptors (Lipinski definition) is 13. The zero-order valence-electron chi connectivity index (χ0n) is 45.4. The van der Waals surface area contributed by atoms with Gasteiger partial charge in [0.1, 0.15) is 5.60 Å². The van der Waals surface area contributed by atoms with E-state index >= 15 is 4.79 Å². The number of likely N-dealkylation sites (N-methyl/N-ethyl adjacent to an activating group) is 1. The molecule has 2 bridgehead atoms. The minimum absolute atomic E-state index is 0.00654. The number of phenolic OH excluding ortho intramolecular Hbond substituents is 2. The largest absolute Gasteiger partial charge is 0.504 e. The van der Waals surface area contributed by atoms with Crippen molar-refractivity contribution in [2.75, 3.05) is 45.8 Å². The summed E-state index contributed by atoms with van der Waals surface area (Å²) in [5.41, 5.74) is 0.745. The average Bonchev–Trinajstić information content (AvgIpc) is 4.19. The van der Waals surface area contributed by atoms with Gasteiger partial charge in [-0.05, 0) is 192 Å². The van der Waals surface area contributed by atoms with E-state index in [-0.39, 0.29) is 66.8 Å². The van der Waals surface area contributed by atoms with Crippen LogP contribution in [-0.4, -0.2) is 95.7 Å². The first-order chi connectivity index (χ1) is 36.5. The summed E-state index contributed by atoms with van der Waals surface area (Å²) in [6.45, 7) is 3.32. The molecule has 0 amide bonds. The number of benzene rings is 2. The highest BCUT2D eigenvalue weighted by Crippen LogP contribution is 2.67. The predicted octanol–water partition coefficient (Wildman–Crippen LogP) is 10.1. The Balaban J connectivity index is 1.22. The monoisotopic (exact) mass is 1030 g/mol. The van der Waals surface area contributed by atoms with Gasteiger partial charge in [-0.1, -0.05) is 69.9 Å². The number of ketones is 1. The number of aliphatic imine (C=N–C) groups is 1. The lowest BCUT2D eigenvalue weighted by atomic mass is 9.45. The van der Waals surface area contributed by atoms with E-state index in [4.69, 9.17) is 19.2 Å². The Morgan fingerprint density at radius 1 is 0.907 bits per heavy atom. The molecule has 2 aromatic carbocycles. The Morgan fingerprint density at radius 2 is 1.73 bits per heavy atom. The van der Waals surface area contributed by atoms with Crippen molar-refractivity contribution in [1.82, 2.24) is 10.6 Å². The predicted molar refractivity (Wildman–Crippen MR) is 294 cm³/mol. The summed E-state index contributed by atoms with van der Waals surface area (Å²) in [4.78, 5) is 20.8. The smallest absolute Gasteiger partial charge is 0.210 e. The molecule has 2 aromatic rings. The van der Waals surface area contributed by atoms with Crippen LogP contribution in [0.25, 0.3) is 0 Å². The summed E-state index contributed by atoms with van der Waals surface area (Å²) in [6, 6.07) is 13.2. The summed E-state index contributed by atoms with van der Waals surface area (Å²) in [5, 5.41) is 65.0. The van der Waals surface area contributed by atoms with Gasteiger partial charge >= 0.3 is 0 Å². The molecule has 75 heavy (non-hydrogen) atoms. The maximum Gasteiger partial charge on any atom is 0.210 e. The molecule has 1 heterocycles. The number of nitrogens with one attached hydrogen (secondary N) is 3. The number of guanidine groups is 1. The van der Waals surface area contributed by atoms with Crippen LogP contribution < -0.4 is 25.4 Å². The first-order valence-electron chi connectivity index (χ1n) is 29.4. The summed E-state index contributed by atoms with van der Waals surface area (Å²) < 4.78 is 18.7. The second-order valence-corrected chi connectivity index (χ2v) is 24.2. The van der Waals surface area contributed by atoms with Gasteiger partial charge in [-0.2, -0.15) is 4.99 Å². The van der Waals surface area contributed by atoms with E-state index < -0.39 is 22.7 Å². The van der Waals surface area contributed by atoms with Crippen molar-refractivity contribution in [3.05, 3.63) is 53.6 Å². The Hall–Kier alpha value is -4.32. The van der Waals surface area contributed by atoms with Crippen LogP contribution in [0.2, 0.25) is 0 Å². The molecule has 6 fully saturated rings. The van der Waals surface area contributed by atoms with Gasteiger partial charge in [0.05, 0.1) is 19.4 Å². The van der Waals surface area contributed by atoms with Crippen molar-refractivity contribution in [3.63, 3.8) is 0 Å². The molecule has 1 spiro atoms. The van der Waals surface area contributed by atoms with Crippen molar-refractivity contribution in [2.24, 2.45) is 57.8 Å². The highest BCUT2D eigenvalue weighted by molar-refractivity contribution is 5.97. The van der Waals surface area contributed by atoms with E-state index in [9.17, 15) is 25.5 Å². The highest BCUT2D eigenvalue weighted by Gasteiger charge is 2.61. The van der Waals surface area contributed by atoms with Crippen LogP contribution >= 0.6 is 0 Å². The number of aliphatic hydroxyl groups is 3. The van der Waals surface area contributed by atoms with Crippen LogP contribution in [0.4, 0.5) is 5.69 Å². The lowest BCUT2D eigenvalue weighted by Crippen LogP contribution is -2.55. The normalized spacial score (nSPS) is 33.6. The number of nitrogens with zero attached hydrogens (tertiary/aromatic N) is 1. The van der Waals surface area contributed by atoms with E-state index in [1.54, 1.807) is 13.2 Å². The molecule has 0 aromatic heterocycles. The zero-order chi connectivity index (χ0) is 52.6. The lowest BCUT2D eigenvalue weighted by molar-refractivity contribution is -0.125. The van der Waals surface area contributed by atoms with Gasteiger partial charge in [-0.3, -0.25) is 4.79 Å². The molecular weight excluding hydrogens is 945 g/mol. The summed E-state index contributed by atoms with van der Waals surface area (Å²) in [6.07, 6.45) is 24.8. The SMILES string of the molecule is CC[C@@H]1CC[C@H]2[C@H](C1)[C@H]1/C=C/C(=O)[C@@]3(Cc4ccc(O)c(OC)c4)CCC[C@@H]3CC#CN=C(NC3CCCCC3)Nc3cc(cc(O[C@]4(CNC)CC[C@@H](C[C@H](O)OCCCO)C4)c3O)[C@]13CCC[C@H]3[C@H]2CCCO. The third-order valence-electron chi connectivity index (χ3n) is 19.9. The number of phenols is 2. The molecule has 0 saturated heterocycles. The second kappa shape index (κ2) is 25.0. The fourth-order valence-corrected chi connectivity index (χ4v) is 16.5. The van der Waals surface area contributed by atoms with Crippen molar-refractivity contribution >= 4 is 17.4 Å². The number of rotatable bonds is 18. The number of carbonyl (C=O) groups excluding carboxylic acids is 1. The molecule has 13 nitrogen and oxygen atoms in total. The summed E-state index contributed by atoms with van der Waals surface area (Å²) >= 11 is 0. The van der Waals surface area contributed by atoms with Gasteiger partial charge in [0, 0.05) is 55.5 Å². The first-order valence-corrected chi connectivity index (χ1v) is 29.4.